The largest absolute Gasteiger partial charge is 0.383 e. The van der Waals surface area contributed by atoms with E-state index in [0.717, 1.165) is 25.7 Å². The lowest BCUT2D eigenvalue weighted by atomic mass is 9.79. The zero-order valence-corrected chi connectivity index (χ0v) is 12.4. The average molecular weight is 266 g/mol. The first-order valence-electron chi connectivity index (χ1n) is 7.36. The third-order valence-electron chi connectivity index (χ3n) is 3.76. The number of carbonyl (C=O) groups excluding carboxylic acids is 1. The minimum atomic E-state index is -0.820. The summed E-state index contributed by atoms with van der Waals surface area (Å²) in [6.07, 6.45) is 5.17. The molecule has 19 heavy (non-hydrogen) atoms. The summed E-state index contributed by atoms with van der Waals surface area (Å²) in [5, 5.41) is 9.56. The lowest BCUT2D eigenvalue weighted by molar-refractivity contribution is -0.141. The van der Waals surface area contributed by atoms with E-state index in [2.05, 4.69) is 6.07 Å². The highest BCUT2D eigenvalue weighted by atomic mass is 16.5. The molecule has 0 aliphatic heterocycles. The molecule has 1 aliphatic carbocycles. The number of methoxy groups -OCH3 is 1. The summed E-state index contributed by atoms with van der Waals surface area (Å²) in [4.78, 5) is 14.7. The molecular formula is C15H26N2O2. The summed E-state index contributed by atoms with van der Waals surface area (Å²) in [7, 11) is 1.64. The molecule has 4 nitrogen and oxygen atoms in total. The standard InChI is InChI=1S/C15H26N2O2/c1-4-8-15(12-16,9-5-2)14(18)17(10-11-19-3)13-6-7-13/h13H,4-11H2,1-3H3. The Kier molecular flexibility index (Phi) is 6.30. The van der Waals surface area contributed by atoms with Crippen LogP contribution in [0, 0.1) is 16.7 Å². The summed E-state index contributed by atoms with van der Waals surface area (Å²) in [6.45, 7) is 5.22. The van der Waals surface area contributed by atoms with Gasteiger partial charge in [0, 0.05) is 19.7 Å². The van der Waals surface area contributed by atoms with Crippen molar-refractivity contribution in [3.8, 4) is 6.07 Å². The van der Waals surface area contributed by atoms with Crippen molar-refractivity contribution in [3.63, 3.8) is 0 Å². The Bertz CT molecular complexity index is 326. The SMILES string of the molecule is CCCC(C#N)(CCC)C(=O)N(CCOC)C1CC1. The molecule has 0 atom stereocenters. The van der Waals surface area contributed by atoms with E-state index in [1.165, 1.54) is 0 Å². The molecule has 1 amide bonds. The lowest BCUT2D eigenvalue weighted by Gasteiger charge is -2.32. The van der Waals surface area contributed by atoms with Crippen molar-refractivity contribution in [3.05, 3.63) is 0 Å². The van der Waals surface area contributed by atoms with Crippen molar-refractivity contribution in [2.45, 2.75) is 58.4 Å². The van der Waals surface area contributed by atoms with Gasteiger partial charge in [-0.2, -0.15) is 5.26 Å². The van der Waals surface area contributed by atoms with Gasteiger partial charge in [-0.3, -0.25) is 4.79 Å². The maximum atomic E-state index is 12.8. The fourth-order valence-corrected chi connectivity index (χ4v) is 2.65. The van der Waals surface area contributed by atoms with Crippen LogP contribution in [0.25, 0.3) is 0 Å². The Morgan fingerprint density at radius 1 is 1.37 bits per heavy atom. The van der Waals surface area contributed by atoms with Crippen LogP contribution in [0.2, 0.25) is 0 Å². The Balaban J connectivity index is 2.85. The smallest absolute Gasteiger partial charge is 0.243 e. The van der Waals surface area contributed by atoms with Gasteiger partial charge in [0.15, 0.2) is 0 Å². The van der Waals surface area contributed by atoms with Gasteiger partial charge in [0.25, 0.3) is 0 Å². The molecule has 0 spiro atoms. The predicted octanol–water partition coefficient (Wildman–Crippen LogP) is 2.73. The van der Waals surface area contributed by atoms with Gasteiger partial charge in [-0.05, 0) is 25.7 Å². The second-order valence-electron chi connectivity index (χ2n) is 5.42. The molecule has 0 heterocycles. The van der Waals surface area contributed by atoms with Crippen LogP contribution >= 0.6 is 0 Å². The monoisotopic (exact) mass is 266 g/mol. The quantitative estimate of drug-likeness (QED) is 0.645. The number of hydrogen-bond donors (Lipinski definition) is 0. The van der Waals surface area contributed by atoms with Gasteiger partial charge in [-0.15, -0.1) is 0 Å². The summed E-state index contributed by atoms with van der Waals surface area (Å²) in [5.74, 6) is 0.0262. The number of amides is 1. The molecule has 1 saturated carbocycles. The number of hydrogen-bond acceptors (Lipinski definition) is 3. The van der Waals surface area contributed by atoms with Crippen LogP contribution in [-0.4, -0.2) is 37.1 Å². The van der Waals surface area contributed by atoms with Crippen LogP contribution in [0.5, 0.6) is 0 Å². The Morgan fingerprint density at radius 3 is 2.32 bits per heavy atom. The van der Waals surface area contributed by atoms with Crippen molar-refractivity contribution in [1.82, 2.24) is 4.90 Å². The van der Waals surface area contributed by atoms with Crippen molar-refractivity contribution in [1.29, 1.82) is 5.26 Å². The summed E-state index contributed by atoms with van der Waals surface area (Å²) in [6, 6.07) is 2.66. The van der Waals surface area contributed by atoms with Gasteiger partial charge < -0.3 is 9.64 Å². The molecule has 0 aromatic rings. The molecule has 1 rings (SSSR count). The second kappa shape index (κ2) is 7.49. The van der Waals surface area contributed by atoms with E-state index in [0.29, 0.717) is 32.0 Å². The summed E-state index contributed by atoms with van der Waals surface area (Å²) in [5.41, 5.74) is -0.820. The zero-order chi connectivity index (χ0) is 14.3. The van der Waals surface area contributed by atoms with Crippen LogP contribution in [0.3, 0.4) is 0 Å². The molecule has 0 aromatic carbocycles. The first-order chi connectivity index (χ1) is 9.15. The zero-order valence-electron chi connectivity index (χ0n) is 12.4. The van der Waals surface area contributed by atoms with Crippen LogP contribution in [0.1, 0.15) is 52.4 Å². The normalized spacial score (nSPS) is 15.1. The van der Waals surface area contributed by atoms with Gasteiger partial charge in [0.05, 0.1) is 12.7 Å². The van der Waals surface area contributed by atoms with Crippen molar-refractivity contribution in [2.24, 2.45) is 5.41 Å². The summed E-state index contributed by atoms with van der Waals surface area (Å²) >= 11 is 0. The van der Waals surface area contributed by atoms with Gasteiger partial charge in [0.2, 0.25) is 5.91 Å². The predicted molar refractivity (Wildman–Crippen MR) is 74.5 cm³/mol. The van der Waals surface area contributed by atoms with Gasteiger partial charge in [0.1, 0.15) is 5.41 Å². The van der Waals surface area contributed by atoms with Gasteiger partial charge in [-0.1, -0.05) is 26.7 Å². The highest BCUT2D eigenvalue weighted by Crippen LogP contribution is 2.36. The molecule has 0 N–H and O–H groups in total. The minimum absolute atomic E-state index is 0.0262. The van der Waals surface area contributed by atoms with Crippen molar-refractivity contribution < 1.29 is 9.53 Å². The van der Waals surface area contributed by atoms with Gasteiger partial charge >= 0.3 is 0 Å². The Morgan fingerprint density at radius 2 is 1.95 bits per heavy atom. The van der Waals surface area contributed by atoms with Crippen molar-refractivity contribution in [2.75, 3.05) is 20.3 Å². The fraction of sp³-hybridized carbons (Fsp3) is 0.867. The molecule has 0 saturated heterocycles. The molecule has 0 aromatic heterocycles. The van der Waals surface area contributed by atoms with E-state index in [1.807, 2.05) is 18.7 Å². The van der Waals surface area contributed by atoms with E-state index in [1.54, 1.807) is 7.11 Å². The molecule has 108 valence electrons. The number of ether oxygens (including phenoxy) is 1. The van der Waals surface area contributed by atoms with Crippen LogP contribution < -0.4 is 0 Å². The van der Waals surface area contributed by atoms with Crippen LogP contribution in [0.4, 0.5) is 0 Å². The second-order valence-corrected chi connectivity index (χ2v) is 5.42. The number of carbonyl (C=O) groups is 1. The molecule has 0 radical (unpaired) electrons. The average Bonchev–Trinajstić information content (AvgIpc) is 3.23. The Hall–Kier alpha value is -1.08. The molecule has 0 bridgehead atoms. The van der Waals surface area contributed by atoms with Crippen molar-refractivity contribution >= 4 is 5.91 Å². The number of nitriles is 1. The van der Waals surface area contributed by atoms with Crippen LogP contribution in [-0.2, 0) is 9.53 Å². The molecule has 1 fully saturated rings. The minimum Gasteiger partial charge on any atom is -0.383 e. The van der Waals surface area contributed by atoms with Crippen LogP contribution in [0.15, 0.2) is 0 Å². The third-order valence-corrected chi connectivity index (χ3v) is 3.76. The Labute approximate surface area is 116 Å². The topological polar surface area (TPSA) is 53.3 Å². The fourth-order valence-electron chi connectivity index (χ4n) is 2.65. The summed E-state index contributed by atoms with van der Waals surface area (Å²) < 4.78 is 5.09. The van der Waals surface area contributed by atoms with E-state index in [9.17, 15) is 10.1 Å². The highest BCUT2D eigenvalue weighted by Gasteiger charge is 2.44. The number of nitrogens with zero attached hydrogens (tertiary/aromatic N) is 2. The number of rotatable bonds is 9. The first-order valence-corrected chi connectivity index (χ1v) is 7.36. The molecular weight excluding hydrogens is 240 g/mol. The highest BCUT2D eigenvalue weighted by molar-refractivity contribution is 5.86. The maximum absolute atomic E-state index is 12.8. The molecule has 4 heteroatoms. The first kappa shape index (κ1) is 16.0. The van der Waals surface area contributed by atoms with Gasteiger partial charge in [-0.25, -0.2) is 0 Å². The van der Waals surface area contributed by atoms with E-state index < -0.39 is 5.41 Å². The third kappa shape index (κ3) is 3.94. The van der Waals surface area contributed by atoms with E-state index >= 15 is 0 Å². The molecule has 1 aliphatic rings. The maximum Gasteiger partial charge on any atom is 0.243 e. The molecule has 0 unspecified atom stereocenters. The lowest BCUT2D eigenvalue weighted by Crippen LogP contribution is -2.46. The van der Waals surface area contributed by atoms with E-state index in [-0.39, 0.29) is 5.91 Å². The van der Waals surface area contributed by atoms with E-state index in [4.69, 9.17) is 4.74 Å².